The molecule has 0 aliphatic carbocycles. The van der Waals surface area contributed by atoms with Gasteiger partial charge >= 0.3 is 6.09 Å². The summed E-state index contributed by atoms with van der Waals surface area (Å²) in [5.74, 6) is 0. The lowest BCUT2D eigenvalue weighted by Gasteiger charge is -2.46. The molecule has 0 aromatic heterocycles. The fourth-order valence-electron chi connectivity index (χ4n) is 4.98. The highest BCUT2D eigenvalue weighted by Crippen LogP contribution is 2.38. The number of hydrogen-bond acceptors (Lipinski definition) is 4. The zero-order chi connectivity index (χ0) is 24.7. The van der Waals surface area contributed by atoms with Crippen LogP contribution < -0.4 is 21.0 Å². The maximum absolute atomic E-state index is 12.5. The van der Waals surface area contributed by atoms with Crippen molar-refractivity contribution in [1.82, 2.24) is 10.6 Å². The van der Waals surface area contributed by atoms with E-state index < -0.39 is 14.4 Å². The van der Waals surface area contributed by atoms with Gasteiger partial charge < -0.3 is 19.8 Å². The molecule has 1 aliphatic rings. The molecule has 1 saturated heterocycles. The van der Waals surface area contributed by atoms with Crippen molar-refractivity contribution >= 4 is 24.8 Å². The number of rotatable bonds is 7. The maximum atomic E-state index is 12.5. The average molecular weight is 489 g/mol. The molecule has 2 atom stereocenters. The number of benzene rings is 3. The van der Waals surface area contributed by atoms with Gasteiger partial charge in [0, 0.05) is 19.1 Å². The molecule has 35 heavy (non-hydrogen) atoms. The molecule has 1 heterocycles. The lowest BCUT2D eigenvalue weighted by molar-refractivity contribution is 0.114. The number of carbonyl (C=O) groups is 1. The highest BCUT2D eigenvalue weighted by atomic mass is 28.4. The lowest BCUT2D eigenvalue weighted by atomic mass is 10.1. The second-order valence-electron chi connectivity index (χ2n) is 10.2. The molecule has 0 unspecified atom stereocenters. The van der Waals surface area contributed by atoms with Crippen molar-refractivity contribution in [1.29, 1.82) is 0 Å². The van der Waals surface area contributed by atoms with E-state index in [1.165, 1.54) is 10.4 Å². The summed E-state index contributed by atoms with van der Waals surface area (Å²) in [6.07, 6.45) is 0.305. The fourth-order valence-corrected chi connectivity index (χ4v) is 9.67. The minimum atomic E-state index is -2.65. The molecular weight excluding hydrogens is 452 g/mol. The average Bonchev–Trinajstić information content (AvgIpc) is 2.87. The summed E-state index contributed by atoms with van der Waals surface area (Å²) in [4.78, 5) is 12.5. The highest BCUT2D eigenvalue weighted by molar-refractivity contribution is 6.99. The van der Waals surface area contributed by atoms with Crippen molar-refractivity contribution in [2.24, 2.45) is 0 Å². The van der Waals surface area contributed by atoms with Crippen molar-refractivity contribution in [3.8, 4) is 0 Å². The van der Waals surface area contributed by atoms with Gasteiger partial charge in [0.2, 0.25) is 0 Å². The lowest BCUT2D eigenvalue weighted by Crippen LogP contribution is -2.69. The summed E-state index contributed by atoms with van der Waals surface area (Å²) in [5.41, 5.74) is 0.970. The Bertz CT molecular complexity index is 1030. The van der Waals surface area contributed by atoms with Crippen LogP contribution in [0.15, 0.2) is 91.0 Å². The molecule has 3 aromatic carbocycles. The van der Waals surface area contributed by atoms with Crippen LogP contribution >= 0.6 is 0 Å². The van der Waals surface area contributed by atoms with E-state index in [9.17, 15) is 4.79 Å². The Morgan fingerprint density at radius 3 is 1.97 bits per heavy atom. The van der Waals surface area contributed by atoms with Crippen LogP contribution in [0.5, 0.6) is 0 Å². The van der Waals surface area contributed by atoms with Crippen LogP contribution in [0.25, 0.3) is 0 Å². The molecule has 184 valence electrons. The molecule has 0 spiro atoms. The zero-order valence-corrected chi connectivity index (χ0v) is 21.9. The summed E-state index contributed by atoms with van der Waals surface area (Å²) < 4.78 is 12.7. The van der Waals surface area contributed by atoms with Gasteiger partial charge in [-0.25, -0.2) is 4.79 Å². The van der Waals surface area contributed by atoms with Crippen molar-refractivity contribution in [3.05, 3.63) is 96.6 Å². The van der Waals surface area contributed by atoms with Gasteiger partial charge in [-0.15, -0.1) is 0 Å². The van der Waals surface area contributed by atoms with E-state index in [0.29, 0.717) is 6.54 Å². The third-order valence-corrected chi connectivity index (χ3v) is 11.7. The predicted octanol–water partition coefficient (Wildman–Crippen LogP) is 4.22. The Morgan fingerprint density at radius 1 is 0.886 bits per heavy atom. The Balaban J connectivity index is 1.51. The third kappa shape index (κ3) is 6.01. The molecule has 5 nitrogen and oxygen atoms in total. The normalized spacial score (nSPS) is 18.6. The molecule has 1 fully saturated rings. The molecule has 0 bridgehead atoms. The van der Waals surface area contributed by atoms with Gasteiger partial charge in [0.05, 0.1) is 6.10 Å². The number of nitrogens with one attached hydrogen (secondary N) is 2. The molecule has 6 heteroatoms. The van der Waals surface area contributed by atoms with Gasteiger partial charge in [-0.1, -0.05) is 112 Å². The van der Waals surface area contributed by atoms with Crippen LogP contribution in [0.4, 0.5) is 4.79 Å². The first-order chi connectivity index (χ1) is 16.9. The molecule has 3 aromatic rings. The van der Waals surface area contributed by atoms with E-state index in [0.717, 1.165) is 18.5 Å². The summed E-state index contributed by atoms with van der Waals surface area (Å²) >= 11 is 0. The van der Waals surface area contributed by atoms with Gasteiger partial charge in [0.1, 0.15) is 6.61 Å². The van der Waals surface area contributed by atoms with Gasteiger partial charge in [0.15, 0.2) is 0 Å². The van der Waals surface area contributed by atoms with E-state index in [1.807, 2.05) is 30.3 Å². The van der Waals surface area contributed by atoms with E-state index >= 15 is 0 Å². The van der Waals surface area contributed by atoms with Crippen LogP contribution in [0.1, 0.15) is 32.8 Å². The molecule has 2 N–H and O–H groups in total. The predicted molar refractivity (Wildman–Crippen MR) is 144 cm³/mol. The van der Waals surface area contributed by atoms with Gasteiger partial charge in [0.25, 0.3) is 8.32 Å². The second kappa shape index (κ2) is 11.2. The Kier molecular flexibility index (Phi) is 8.06. The summed E-state index contributed by atoms with van der Waals surface area (Å²) in [5, 5.41) is 8.93. The maximum Gasteiger partial charge on any atom is 0.407 e. The number of alkyl carbamates (subject to hydrolysis) is 1. The number of carbonyl (C=O) groups excluding carboxylic acids is 1. The first-order valence-electron chi connectivity index (χ1n) is 12.4. The smallest absolute Gasteiger partial charge is 0.407 e. The van der Waals surface area contributed by atoms with Crippen LogP contribution in [0, 0.1) is 0 Å². The van der Waals surface area contributed by atoms with E-state index in [-0.39, 0.29) is 23.8 Å². The quantitative estimate of drug-likeness (QED) is 0.489. The van der Waals surface area contributed by atoms with Crippen LogP contribution in [-0.4, -0.2) is 39.6 Å². The SMILES string of the molecule is CC(C)(C)[Si](O[C@H]1CNC[C@H](NC(=O)OCc2ccccc2)C1)(c1ccccc1)c1ccccc1. The topological polar surface area (TPSA) is 59.6 Å². The Hall–Kier alpha value is -2.93. The number of piperidine rings is 1. The molecule has 1 amide bonds. The Labute approximate surface area is 210 Å². The molecular formula is C29H36N2O3Si. The summed E-state index contributed by atoms with van der Waals surface area (Å²) in [7, 11) is -2.65. The molecule has 0 radical (unpaired) electrons. The Morgan fingerprint density at radius 2 is 1.43 bits per heavy atom. The standard InChI is InChI=1S/C29H36N2O3Si/c1-29(2,3)35(26-15-9-5-10-16-26,27-17-11-6-12-18-27)34-25-19-24(20-30-21-25)31-28(32)33-22-23-13-7-4-8-14-23/h4-18,24-25,30H,19-22H2,1-3H3,(H,31,32)/t24-,25-/m1/s1. The summed E-state index contributed by atoms with van der Waals surface area (Å²) in [6, 6.07) is 31.0. The van der Waals surface area contributed by atoms with Crippen LogP contribution in [-0.2, 0) is 15.8 Å². The highest BCUT2D eigenvalue weighted by Gasteiger charge is 2.51. The monoisotopic (exact) mass is 488 g/mol. The van der Waals surface area contributed by atoms with E-state index in [2.05, 4.69) is 92.1 Å². The van der Waals surface area contributed by atoms with E-state index in [4.69, 9.17) is 9.16 Å². The first-order valence-corrected chi connectivity index (χ1v) is 14.3. The van der Waals surface area contributed by atoms with Crippen molar-refractivity contribution < 1.29 is 14.0 Å². The van der Waals surface area contributed by atoms with Crippen molar-refractivity contribution in [3.63, 3.8) is 0 Å². The van der Waals surface area contributed by atoms with Crippen LogP contribution in [0.3, 0.4) is 0 Å². The summed E-state index contributed by atoms with van der Waals surface area (Å²) in [6.45, 7) is 8.56. The van der Waals surface area contributed by atoms with Crippen molar-refractivity contribution in [2.75, 3.05) is 13.1 Å². The number of hydrogen-bond donors (Lipinski definition) is 2. The van der Waals surface area contributed by atoms with Crippen LogP contribution in [0.2, 0.25) is 5.04 Å². The largest absolute Gasteiger partial charge is 0.445 e. The zero-order valence-electron chi connectivity index (χ0n) is 20.9. The number of amides is 1. The minimum absolute atomic E-state index is 0.0329. The molecule has 0 saturated carbocycles. The number of ether oxygens (including phenoxy) is 1. The second-order valence-corrected chi connectivity index (χ2v) is 14.5. The van der Waals surface area contributed by atoms with Crippen molar-refractivity contribution in [2.45, 2.75) is 51.0 Å². The van der Waals surface area contributed by atoms with E-state index in [1.54, 1.807) is 0 Å². The third-order valence-electron chi connectivity index (χ3n) is 6.61. The van der Waals surface area contributed by atoms with Gasteiger partial charge in [-0.3, -0.25) is 0 Å². The van der Waals surface area contributed by atoms with Gasteiger partial charge in [-0.05, 0) is 27.4 Å². The minimum Gasteiger partial charge on any atom is -0.445 e. The molecule has 4 rings (SSSR count). The first kappa shape index (κ1) is 25.2. The fraction of sp³-hybridized carbons (Fsp3) is 0.345. The van der Waals surface area contributed by atoms with Gasteiger partial charge in [-0.2, -0.15) is 0 Å². The molecule has 1 aliphatic heterocycles.